The summed E-state index contributed by atoms with van der Waals surface area (Å²) < 4.78 is 0. The second-order valence-corrected chi connectivity index (χ2v) is 6.43. The van der Waals surface area contributed by atoms with Crippen molar-refractivity contribution in [1.29, 1.82) is 0 Å². The van der Waals surface area contributed by atoms with Gasteiger partial charge in [0.15, 0.2) is 0 Å². The molecular formula is C26H48. The van der Waals surface area contributed by atoms with Crippen molar-refractivity contribution in [3.05, 3.63) is 71.3 Å². The van der Waals surface area contributed by atoms with E-state index in [1.807, 2.05) is 39.8 Å². The summed E-state index contributed by atoms with van der Waals surface area (Å²) in [7, 11) is 0. The maximum atomic E-state index is 3.67. The first-order chi connectivity index (χ1) is 12.2. The van der Waals surface area contributed by atoms with Gasteiger partial charge in [-0.3, -0.25) is 0 Å². The minimum atomic E-state index is 1.11. The van der Waals surface area contributed by atoms with Crippen LogP contribution >= 0.6 is 0 Å². The normalized spacial score (nSPS) is 8.27. The molecule has 0 nitrogen and oxygen atoms in total. The van der Waals surface area contributed by atoms with Gasteiger partial charge >= 0.3 is 0 Å². The van der Waals surface area contributed by atoms with Gasteiger partial charge in [-0.1, -0.05) is 87.3 Å². The van der Waals surface area contributed by atoms with Crippen LogP contribution in [0, 0.1) is 13.8 Å². The zero-order chi connectivity index (χ0) is 21.4. The highest BCUT2D eigenvalue weighted by atomic mass is 13.9. The van der Waals surface area contributed by atoms with Crippen LogP contribution < -0.4 is 0 Å². The third-order valence-electron chi connectivity index (χ3n) is 3.44. The Labute approximate surface area is 167 Å². The molecule has 0 saturated carbocycles. The van der Waals surface area contributed by atoms with Crippen LogP contribution in [0.1, 0.15) is 92.7 Å². The number of hydrogen-bond donors (Lipinski definition) is 0. The van der Waals surface area contributed by atoms with Crippen molar-refractivity contribution in [2.45, 2.75) is 95.4 Å². The van der Waals surface area contributed by atoms with Crippen molar-refractivity contribution < 1.29 is 0 Å². The molecule has 26 heavy (non-hydrogen) atoms. The molecule has 0 unspecified atom stereocenters. The number of allylic oxidation sites excluding steroid dienone is 5. The SMILES string of the molecule is C=C(C)CC.CC=C(C)C.CC=CC.CCCC.Cc1ccccc1C. The van der Waals surface area contributed by atoms with E-state index < -0.39 is 0 Å². The van der Waals surface area contributed by atoms with Gasteiger partial charge in [0.1, 0.15) is 0 Å². The molecule has 0 saturated heterocycles. The zero-order valence-corrected chi connectivity index (χ0v) is 19.9. The Morgan fingerprint density at radius 1 is 0.808 bits per heavy atom. The predicted octanol–water partition coefficient (Wildman–Crippen LogP) is 9.64. The molecule has 0 aliphatic heterocycles. The molecule has 0 amide bonds. The molecule has 0 bridgehead atoms. The summed E-state index contributed by atoms with van der Waals surface area (Å²) in [6.45, 7) is 26.6. The molecule has 1 aromatic rings. The molecule has 0 fully saturated rings. The third kappa shape index (κ3) is 43.3. The van der Waals surface area contributed by atoms with Crippen molar-refractivity contribution in [3.63, 3.8) is 0 Å². The average Bonchev–Trinajstić information content (AvgIpc) is 2.65. The van der Waals surface area contributed by atoms with E-state index in [2.05, 4.69) is 85.4 Å². The number of unbranched alkanes of at least 4 members (excludes halogenated alkanes) is 1. The van der Waals surface area contributed by atoms with Crippen LogP contribution in [0.4, 0.5) is 0 Å². The predicted molar refractivity (Wildman–Crippen MR) is 127 cm³/mol. The Bertz CT molecular complexity index is 416. The van der Waals surface area contributed by atoms with Crippen LogP contribution in [-0.4, -0.2) is 0 Å². The Morgan fingerprint density at radius 3 is 1.15 bits per heavy atom. The molecule has 0 heterocycles. The lowest BCUT2D eigenvalue weighted by molar-refractivity contribution is 0.886. The van der Waals surface area contributed by atoms with Crippen molar-refractivity contribution in [1.82, 2.24) is 0 Å². The molecule has 0 N–H and O–H groups in total. The van der Waals surface area contributed by atoms with Gasteiger partial charge < -0.3 is 0 Å². The van der Waals surface area contributed by atoms with Gasteiger partial charge in [0, 0.05) is 0 Å². The fraction of sp³-hybridized carbons (Fsp3) is 0.538. The maximum Gasteiger partial charge on any atom is -0.0354 e. The number of benzene rings is 1. The summed E-state index contributed by atoms with van der Waals surface area (Å²) in [4.78, 5) is 0. The summed E-state index contributed by atoms with van der Waals surface area (Å²) in [5.41, 5.74) is 5.37. The second kappa shape index (κ2) is 28.3. The van der Waals surface area contributed by atoms with Gasteiger partial charge in [-0.15, -0.1) is 6.58 Å². The molecule has 0 heteroatoms. The van der Waals surface area contributed by atoms with E-state index in [4.69, 9.17) is 0 Å². The minimum Gasteiger partial charge on any atom is -0.100 e. The highest BCUT2D eigenvalue weighted by Crippen LogP contribution is 2.02. The molecule has 0 aliphatic carbocycles. The number of rotatable bonds is 2. The monoisotopic (exact) mass is 360 g/mol. The summed E-state index contributed by atoms with van der Waals surface area (Å²) in [5, 5.41) is 0. The van der Waals surface area contributed by atoms with E-state index in [9.17, 15) is 0 Å². The summed E-state index contributed by atoms with van der Waals surface area (Å²) >= 11 is 0. The fourth-order valence-corrected chi connectivity index (χ4v) is 0.663. The number of aryl methyl sites for hydroxylation is 2. The van der Waals surface area contributed by atoms with E-state index >= 15 is 0 Å². The van der Waals surface area contributed by atoms with Crippen molar-refractivity contribution in [3.8, 4) is 0 Å². The van der Waals surface area contributed by atoms with E-state index in [-0.39, 0.29) is 0 Å². The van der Waals surface area contributed by atoms with Gasteiger partial charge in [-0.05, 0) is 72.9 Å². The molecule has 0 aliphatic rings. The highest BCUT2D eigenvalue weighted by molar-refractivity contribution is 5.23. The molecule has 0 spiro atoms. The first kappa shape index (κ1) is 32.1. The Kier molecular flexibility index (Phi) is 34.9. The molecule has 152 valence electrons. The van der Waals surface area contributed by atoms with Crippen molar-refractivity contribution in [2.75, 3.05) is 0 Å². The summed E-state index contributed by atoms with van der Waals surface area (Å²) in [5.74, 6) is 0. The Hall–Kier alpha value is -1.56. The summed E-state index contributed by atoms with van der Waals surface area (Å²) in [6, 6.07) is 8.36. The lowest BCUT2D eigenvalue weighted by Crippen LogP contribution is -1.74. The largest absolute Gasteiger partial charge is 0.100 e. The minimum absolute atomic E-state index is 1.11. The van der Waals surface area contributed by atoms with Crippen LogP contribution in [0.5, 0.6) is 0 Å². The third-order valence-corrected chi connectivity index (χ3v) is 3.44. The van der Waals surface area contributed by atoms with Gasteiger partial charge in [0.2, 0.25) is 0 Å². The lowest BCUT2D eigenvalue weighted by Gasteiger charge is -1.93. The van der Waals surface area contributed by atoms with Crippen LogP contribution in [0.25, 0.3) is 0 Å². The topological polar surface area (TPSA) is 0 Å². The molecule has 1 aromatic carbocycles. The zero-order valence-electron chi connectivity index (χ0n) is 19.9. The molecule has 0 aromatic heterocycles. The first-order valence-electron chi connectivity index (χ1n) is 10.0. The van der Waals surface area contributed by atoms with E-state index in [0.717, 1.165) is 6.42 Å². The molecule has 1 rings (SSSR count). The van der Waals surface area contributed by atoms with Gasteiger partial charge in [0.25, 0.3) is 0 Å². The Balaban J connectivity index is -0.000000121. The van der Waals surface area contributed by atoms with Crippen molar-refractivity contribution >= 4 is 0 Å². The highest BCUT2D eigenvalue weighted by Gasteiger charge is 1.83. The van der Waals surface area contributed by atoms with Crippen molar-refractivity contribution in [2.24, 2.45) is 0 Å². The number of hydrogen-bond acceptors (Lipinski definition) is 0. The van der Waals surface area contributed by atoms with Crippen LogP contribution in [0.15, 0.2) is 60.2 Å². The van der Waals surface area contributed by atoms with E-state index in [1.54, 1.807) is 0 Å². The second-order valence-electron chi connectivity index (χ2n) is 6.43. The molecule has 0 atom stereocenters. The summed E-state index contributed by atoms with van der Waals surface area (Å²) in [6.07, 6.45) is 9.83. The molecule has 0 radical (unpaired) electrons. The average molecular weight is 361 g/mol. The van der Waals surface area contributed by atoms with Crippen LogP contribution in [-0.2, 0) is 0 Å². The van der Waals surface area contributed by atoms with E-state index in [1.165, 1.54) is 35.1 Å². The van der Waals surface area contributed by atoms with E-state index in [0.29, 0.717) is 0 Å². The van der Waals surface area contributed by atoms with Gasteiger partial charge in [0.05, 0.1) is 0 Å². The van der Waals surface area contributed by atoms with Crippen LogP contribution in [0.3, 0.4) is 0 Å². The Morgan fingerprint density at radius 2 is 1.08 bits per heavy atom. The maximum absolute atomic E-state index is 3.67. The van der Waals surface area contributed by atoms with Crippen LogP contribution in [0.2, 0.25) is 0 Å². The standard InChI is InChI=1S/C8H10.2C5H10.C4H10.C4H8/c1-7-5-3-4-6-8(7)2;2*1-4-5(2)3;2*1-3-4-2/h3-6H,1-2H3;4H,1-3H3;2,4H2,1,3H3;3-4H2,1-2H3;3-4H,1-2H3. The fourth-order valence-electron chi connectivity index (χ4n) is 0.663. The quantitative estimate of drug-likeness (QED) is 0.460. The lowest BCUT2D eigenvalue weighted by atomic mass is 10.1. The van der Waals surface area contributed by atoms with Gasteiger partial charge in [-0.25, -0.2) is 0 Å². The first-order valence-corrected chi connectivity index (χ1v) is 10.0. The molecular weight excluding hydrogens is 312 g/mol. The smallest absolute Gasteiger partial charge is 0.0354 e. The van der Waals surface area contributed by atoms with Gasteiger partial charge in [-0.2, -0.15) is 0 Å².